The van der Waals surface area contributed by atoms with E-state index >= 15 is 0 Å². The molecule has 0 saturated carbocycles. The molecule has 1 aliphatic rings. The Morgan fingerprint density at radius 2 is 2.47 bits per heavy atom. The van der Waals surface area contributed by atoms with Gasteiger partial charge in [-0.2, -0.15) is 0 Å². The van der Waals surface area contributed by atoms with Crippen molar-refractivity contribution in [2.24, 2.45) is 11.7 Å². The van der Waals surface area contributed by atoms with E-state index in [0.717, 1.165) is 18.1 Å². The third-order valence-corrected chi connectivity index (χ3v) is 4.07. The summed E-state index contributed by atoms with van der Waals surface area (Å²) in [5.74, 6) is 0.589. The lowest BCUT2D eigenvalue weighted by Crippen LogP contribution is -2.28. The first kappa shape index (κ1) is 11.0. The first-order chi connectivity index (χ1) is 7.26. The highest BCUT2D eigenvalue weighted by atomic mass is 32.1. The van der Waals surface area contributed by atoms with Crippen LogP contribution < -0.4 is 5.73 Å². The maximum atomic E-state index is 5.83. The molecule has 2 heterocycles. The number of nitrogens with zero attached hydrogens (tertiary/aromatic N) is 2. The fraction of sp³-hybridized carbons (Fsp3) is 0.727. The monoisotopic (exact) mass is 225 g/mol. The van der Waals surface area contributed by atoms with Crippen molar-refractivity contribution in [2.45, 2.75) is 26.3 Å². The van der Waals surface area contributed by atoms with Crippen LogP contribution in [0.5, 0.6) is 0 Å². The number of aromatic nitrogens is 1. The highest BCUT2D eigenvalue weighted by molar-refractivity contribution is 7.09. The summed E-state index contributed by atoms with van der Waals surface area (Å²) in [6.45, 7) is 7.32. The van der Waals surface area contributed by atoms with Crippen LogP contribution in [0.15, 0.2) is 5.38 Å². The van der Waals surface area contributed by atoms with E-state index in [4.69, 9.17) is 5.73 Å². The van der Waals surface area contributed by atoms with E-state index in [9.17, 15) is 0 Å². The molecule has 0 bridgehead atoms. The molecule has 2 unspecified atom stereocenters. The van der Waals surface area contributed by atoms with Gasteiger partial charge in [0.1, 0.15) is 0 Å². The summed E-state index contributed by atoms with van der Waals surface area (Å²) in [5, 5.41) is 3.35. The smallest absolute Gasteiger partial charge is 0.0898 e. The Balaban J connectivity index is 2.22. The van der Waals surface area contributed by atoms with Gasteiger partial charge in [-0.15, -0.1) is 11.3 Å². The molecule has 1 aliphatic heterocycles. The number of likely N-dealkylation sites (tertiary alicyclic amines) is 1. The zero-order chi connectivity index (χ0) is 10.8. The van der Waals surface area contributed by atoms with E-state index < -0.39 is 0 Å². The number of thiazole rings is 1. The molecule has 1 fully saturated rings. The Kier molecular flexibility index (Phi) is 3.38. The molecule has 0 spiro atoms. The number of hydrogen-bond donors (Lipinski definition) is 1. The molecule has 15 heavy (non-hydrogen) atoms. The summed E-state index contributed by atoms with van der Waals surface area (Å²) >= 11 is 1.74. The van der Waals surface area contributed by atoms with Crippen molar-refractivity contribution in [1.29, 1.82) is 0 Å². The van der Waals surface area contributed by atoms with Gasteiger partial charge in [0.15, 0.2) is 0 Å². The molecule has 2 atom stereocenters. The fourth-order valence-electron chi connectivity index (χ4n) is 2.47. The Bertz CT molecular complexity index is 311. The van der Waals surface area contributed by atoms with Gasteiger partial charge in [0.25, 0.3) is 0 Å². The van der Waals surface area contributed by atoms with Crippen molar-refractivity contribution in [3.63, 3.8) is 0 Å². The summed E-state index contributed by atoms with van der Waals surface area (Å²) in [6, 6.07) is 0.463. The maximum absolute atomic E-state index is 5.83. The Morgan fingerprint density at radius 1 is 1.67 bits per heavy atom. The van der Waals surface area contributed by atoms with Crippen molar-refractivity contribution in [3.05, 3.63) is 16.1 Å². The molecule has 0 amide bonds. The Hall–Kier alpha value is -0.450. The van der Waals surface area contributed by atoms with Crippen LogP contribution in [-0.4, -0.2) is 29.5 Å². The third kappa shape index (κ3) is 2.07. The van der Waals surface area contributed by atoms with Crippen LogP contribution in [0, 0.1) is 12.8 Å². The molecular weight excluding hydrogens is 206 g/mol. The van der Waals surface area contributed by atoms with Crippen molar-refractivity contribution >= 4 is 11.3 Å². The van der Waals surface area contributed by atoms with Crippen LogP contribution in [0.2, 0.25) is 0 Å². The zero-order valence-electron chi connectivity index (χ0n) is 9.44. The molecule has 0 aliphatic carbocycles. The first-order valence-corrected chi connectivity index (χ1v) is 6.50. The number of aryl methyl sites for hydroxylation is 1. The molecule has 3 nitrogen and oxygen atoms in total. The summed E-state index contributed by atoms with van der Waals surface area (Å²) in [6.07, 6.45) is 1.21. The molecule has 1 aromatic rings. The van der Waals surface area contributed by atoms with E-state index in [1.165, 1.54) is 18.7 Å². The van der Waals surface area contributed by atoms with E-state index in [1.807, 2.05) is 0 Å². The number of nitrogens with two attached hydrogens (primary N) is 1. The van der Waals surface area contributed by atoms with Crippen molar-refractivity contribution in [1.82, 2.24) is 9.88 Å². The van der Waals surface area contributed by atoms with Crippen LogP contribution in [0.4, 0.5) is 0 Å². The summed E-state index contributed by atoms with van der Waals surface area (Å²) < 4.78 is 0. The van der Waals surface area contributed by atoms with Crippen LogP contribution in [0.1, 0.15) is 30.1 Å². The quantitative estimate of drug-likeness (QED) is 0.853. The predicted molar refractivity (Wildman–Crippen MR) is 64.0 cm³/mol. The topological polar surface area (TPSA) is 42.1 Å². The number of hydrogen-bond acceptors (Lipinski definition) is 4. The summed E-state index contributed by atoms with van der Waals surface area (Å²) in [4.78, 5) is 7.10. The average Bonchev–Trinajstić information content (AvgIpc) is 2.82. The minimum Gasteiger partial charge on any atom is -0.330 e. The summed E-state index contributed by atoms with van der Waals surface area (Å²) in [7, 11) is 0. The molecule has 0 radical (unpaired) electrons. The minimum absolute atomic E-state index is 0.463. The van der Waals surface area contributed by atoms with E-state index in [-0.39, 0.29) is 0 Å². The highest BCUT2D eigenvalue weighted by Crippen LogP contribution is 2.36. The van der Waals surface area contributed by atoms with Crippen LogP contribution in [0.25, 0.3) is 0 Å². The van der Waals surface area contributed by atoms with Gasteiger partial charge in [0, 0.05) is 5.38 Å². The lowest BCUT2D eigenvalue weighted by molar-refractivity contribution is 0.237. The van der Waals surface area contributed by atoms with Crippen LogP contribution in [-0.2, 0) is 0 Å². The van der Waals surface area contributed by atoms with Crippen molar-refractivity contribution in [3.8, 4) is 0 Å². The molecular formula is C11H19N3S. The Morgan fingerprint density at radius 3 is 3.00 bits per heavy atom. The van der Waals surface area contributed by atoms with Gasteiger partial charge in [-0.05, 0) is 38.9 Å². The van der Waals surface area contributed by atoms with E-state index in [1.54, 1.807) is 11.3 Å². The Labute approximate surface area is 95.3 Å². The molecule has 0 aromatic carbocycles. The van der Waals surface area contributed by atoms with Gasteiger partial charge in [-0.3, -0.25) is 4.90 Å². The van der Waals surface area contributed by atoms with Gasteiger partial charge in [0.2, 0.25) is 0 Å². The largest absolute Gasteiger partial charge is 0.330 e. The van der Waals surface area contributed by atoms with Gasteiger partial charge in [-0.1, -0.05) is 6.92 Å². The van der Waals surface area contributed by atoms with E-state index in [2.05, 4.69) is 29.1 Å². The first-order valence-electron chi connectivity index (χ1n) is 5.62. The molecule has 1 saturated heterocycles. The van der Waals surface area contributed by atoms with Crippen molar-refractivity contribution < 1.29 is 0 Å². The minimum atomic E-state index is 0.463. The van der Waals surface area contributed by atoms with Gasteiger partial charge >= 0.3 is 0 Å². The molecule has 2 N–H and O–H groups in total. The molecule has 1 aromatic heterocycles. The second kappa shape index (κ2) is 4.60. The lowest BCUT2D eigenvalue weighted by atomic mass is 9.98. The zero-order valence-corrected chi connectivity index (χ0v) is 10.3. The highest BCUT2D eigenvalue weighted by Gasteiger charge is 2.34. The summed E-state index contributed by atoms with van der Waals surface area (Å²) in [5.41, 5.74) is 7.06. The van der Waals surface area contributed by atoms with Gasteiger partial charge < -0.3 is 5.73 Å². The van der Waals surface area contributed by atoms with Crippen LogP contribution >= 0.6 is 11.3 Å². The second-order valence-electron chi connectivity index (χ2n) is 4.15. The van der Waals surface area contributed by atoms with Gasteiger partial charge in [-0.25, -0.2) is 4.98 Å². The second-order valence-corrected chi connectivity index (χ2v) is 5.21. The standard InChI is InChI=1S/C11H19N3S/c1-3-14-5-4-9(6-12)11(14)10-7-15-8(2)13-10/h7,9,11H,3-6,12H2,1-2H3. The molecule has 4 heteroatoms. The normalized spacial score (nSPS) is 27.4. The van der Waals surface area contributed by atoms with Gasteiger partial charge in [0.05, 0.1) is 16.7 Å². The fourth-order valence-corrected chi connectivity index (χ4v) is 3.11. The predicted octanol–water partition coefficient (Wildman–Crippen LogP) is 1.79. The molecule has 2 rings (SSSR count). The average molecular weight is 225 g/mol. The number of rotatable bonds is 3. The third-order valence-electron chi connectivity index (χ3n) is 3.28. The van der Waals surface area contributed by atoms with E-state index in [0.29, 0.717) is 12.0 Å². The van der Waals surface area contributed by atoms with Crippen molar-refractivity contribution in [2.75, 3.05) is 19.6 Å². The van der Waals surface area contributed by atoms with Crippen LogP contribution in [0.3, 0.4) is 0 Å². The molecule has 84 valence electrons. The maximum Gasteiger partial charge on any atom is 0.0898 e. The SMILES string of the molecule is CCN1CCC(CN)C1c1csc(C)n1. The lowest BCUT2D eigenvalue weighted by Gasteiger charge is -2.24.